The molecule has 0 aliphatic rings. The van der Waals surface area contributed by atoms with Gasteiger partial charge in [0.25, 0.3) is 5.91 Å². The predicted molar refractivity (Wildman–Crippen MR) is 129 cm³/mol. The lowest BCUT2D eigenvalue weighted by atomic mass is 10.0. The summed E-state index contributed by atoms with van der Waals surface area (Å²) in [5, 5.41) is 7.89. The Balaban J connectivity index is 1.74. The molecule has 3 aromatic heterocycles. The lowest BCUT2D eigenvalue weighted by molar-refractivity contribution is 0.0529. The number of fused-ring (bicyclic) bond motifs is 1. The van der Waals surface area contributed by atoms with Crippen LogP contribution in [0.4, 0.5) is 5.00 Å². The van der Waals surface area contributed by atoms with Gasteiger partial charge in [-0.2, -0.15) is 0 Å². The van der Waals surface area contributed by atoms with Gasteiger partial charge >= 0.3 is 5.97 Å². The second-order valence-electron chi connectivity index (χ2n) is 7.20. The highest BCUT2D eigenvalue weighted by Gasteiger charge is 2.25. The number of amides is 1. The van der Waals surface area contributed by atoms with Crippen LogP contribution in [0.3, 0.4) is 0 Å². The summed E-state index contributed by atoms with van der Waals surface area (Å²) < 4.78 is 8.35. The summed E-state index contributed by atoms with van der Waals surface area (Å²) in [5.41, 5.74) is 3.48. The van der Waals surface area contributed by atoms with Crippen LogP contribution in [0, 0.1) is 0 Å². The van der Waals surface area contributed by atoms with Gasteiger partial charge in [-0.05, 0) is 56.0 Å². The van der Waals surface area contributed by atoms with Crippen molar-refractivity contribution in [1.82, 2.24) is 4.57 Å². The molecular weight excluding hydrogens is 452 g/mol. The number of carbonyl (C=O) groups excluding carboxylic acids is 2. The third kappa shape index (κ3) is 4.13. The molecular formula is C23H21ClN2O3S2. The molecule has 0 radical (unpaired) electrons. The van der Waals surface area contributed by atoms with Crippen LogP contribution in [-0.4, -0.2) is 23.1 Å². The maximum Gasteiger partial charge on any atom is 0.341 e. The minimum Gasteiger partial charge on any atom is -0.462 e. The summed E-state index contributed by atoms with van der Waals surface area (Å²) in [7, 11) is 0. The number of thiophene rings is 2. The third-order valence-electron chi connectivity index (χ3n) is 4.86. The Hall–Kier alpha value is -2.61. The first-order chi connectivity index (χ1) is 14.9. The number of carbonyl (C=O) groups is 2. The fraction of sp³-hybridized carbons (Fsp3) is 0.217. The number of hydrogen-bond donors (Lipinski definition) is 1. The molecule has 3 heterocycles. The van der Waals surface area contributed by atoms with Crippen molar-refractivity contribution in [3.05, 3.63) is 63.4 Å². The van der Waals surface area contributed by atoms with Gasteiger partial charge < -0.3 is 14.6 Å². The number of benzene rings is 1. The molecule has 1 amide bonds. The van der Waals surface area contributed by atoms with E-state index >= 15 is 0 Å². The summed E-state index contributed by atoms with van der Waals surface area (Å²) in [5.74, 6) is -0.726. The van der Waals surface area contributed by atoms with Crippen LogP contribution in [-0.2, 0) is 4.74 Å². The van der Waals surface area contributed by atoms with Gasteiger partial charge in [0.15, 0.2) is 0 Å². The minimum atomic E-state index is -0.468. The number of aromatic nitrogens is 1. The van der Waals surface area contributed by atoms with Gasteiger partial charge in [-0.3, -0.25) is 4.79 Å². The number of hydrogen-bond acceptors (Lipinski definition) is 5. The molecule has 0 aliphatic heterocycles. The van der Waals surface area contributed by atoms with E-state index in [-0.39, 0.29) is 18.6 Å². The monoisotopic (exact) mass is 472 g/mol. The summed E-state index contributed by atoms with van der Waals surface area (Å²) in [6, 6.07) is 11.3. The van der Waals surface area contributed by atoms with Gasteiger partial charge in [-0.15, -0.1) is 22.7 Å². The Morgan fingerprint density at radius 1 is 1.16 bits per heavy atom. The molecule has 0 atom stereocenters. The van der Waals surface area contributed by atoms with Crippen LogP contribution in [0.5, 0.6) is 0 Å². The van der Waals surface area contributed by atoms with Crippen LogP contribution in [0.2, 0.25) is 5.02 Å². The standard InChI is InChI=1S/C23H21ClN2O3S2/c1-4-29-23(28)20-16(14-5-7-15(24)8-6-14)12-31-22(20)25-21(27)18-11-19-17(9-10-30-19)26(18)13(2)3/h5-13H,4H2,1-3H3,(H,25,27). The molecule has 5 nitrogen and oxygen atoms in total. The average molecular weight is 473 g/mol. The van der Waals surface area contributed by atoms with Crippen molar-refractivity contribution in [1.29, 1.82) is 0 Å². The van der Waals surface area contributed by atoms with Gasteiger partial charge in [0, 0.05) is 22.0 Å². The van der Waals surface area contributed by atoms with Gasteiger partial charge in [0.1, 0.15) is 16.3 Å². The minimum absolute atomic E-state index is 0.116. The van der Waals surface area contributed by atoms with Crippen LogP contribution in [0.1, 0.15) is 47.7 Å². The Bertz CT molecular complexity index is 1250. The van der Waals surface area contributed by atoms with Crippen molar-refractivity contribution >= 4 is 61.4 Å². The second-order valence-corrected chi connectivity index (χ2v) is 9.46. The molecule has 1 aromatic carbocycles. The number of nitrogens with one attached hydrogen (secondary N) is 1. The largest absolute Gasteiger partial charge is 0.462 e. The van der Waals surface area contributed by atoms with E-state index in [2.05, 4.69) is 5.32 Å². The quantitative estimate of drug-likeness (QED) is 0.304. The number of ether oxygens (including phenoxy) is 1. The molecule has 160 valence electrons. The highest BCUT2D eigenvalue weighted by atomic mass is 35.5. The van der Waals surface area contributed by atoms with E-state index < -0.39 is 5.97 Å². The molecule has 4 rings (SSSR count). The van der Waals surface area contributed by atoms with Crippen LogP contribution < -0.4 is 5.32 Å². The molecule has 1 N–H and O–H groups in total. The van der Waals surface area contributed by atoms with Crippen molar-refractivity contribution in [2.45, 2.75) is 26.8 Å². The summed E-state index contributed by atoms with van der Waals surface area (Å²) >= 11 is 8.91. The molecule has 8 heteroatoms. The Morgan fingerprint density at radius 2 is 1.90 bits per heavy atom. The number of nitrogens with zero attached hydrogens (tertiary/aromatic N) is 1. The number of esters is 1. The van der Waals surface area contributed by atoms with Gasteiger partial charge in [0.05, 0.1) is 16.8 Å². The molecule has 0 aliphatic carbocycles. The Morgan fingerprint density at radius 3 is 2.58 bits per heavy atom. The van der Waals surface area contributed by atoms with E-state index in [4.69, 9.17) is 16.3 Å². The van der Waals surface area contributed by atoms with Crippen LogP contribution in [0.15, 0.2) is 47.2 Å². The van der Waals surface area contributed by atoms with E-state index in [0.29, 0.717) is 26.8 Å². The number of anilines is 1. The van der Waals surface area contributed by atoms with Gasteiger partial charge in [-0.1, -0.05) is 23.7 Å². The average Bonchev–Trinajstić information content (AvgIpc) is 3.42. The van der Waals surface area contributed by atoms with E-state index in [1.807, 2.05) is 53.4 Å². The van der Waals surface area contributed by atoms with Crippen LogP contribution in [0.25, 0.3) is 21.3 Å². The van der Waals surface area contributed by atoms with Gasteiger partial charge in [0.2, 0.25) is 0 Å². The van der Waals surface area contributed by atoms with Gasteiger partial charge in [-0.25, -0.2) is 4.79 Å². The number of halogens is 1. The first-order valence-electron chi connectivity index (χ1n) is 9.85. The summed E-state index contributed by atoms with van der Waals surface area (Å²) in [6.45, 7) is 6.09. The van der Waals surface area contributed by atoms with E-state index in [1.54, 1.807) is 30.4 Å². The lowest BCUT2D eigenvalue weighted by Gasteiger charge is -2.14. The van der Waals surface area contributed by atoms with Crippen molar-refractivity contribution in [2.24, 2.45) is 0 Å². The molecule has 0 saturated carbocycles. The molecule has 0 bridgehead atoms. The smallest absolute Gasteiger partial charge is 0.341 e. The normalized spacial score (nSPS) is 11.3. The maximum absolute atomic E-state index is 13.2. The summed E-state index contributed by atoms with van der Waals surface area (Å²) in [6.07, 6.45) is 0. The zero-order valence-electron chi connectivity index (χ0n) is 17.3. The SMILES string of the molecule is CCOC(=O)c1c(-c2ccc(Cl)cc2)csc1NC(=O)c1cc2sccc2n1C(C)C. The van der Waals surface area contributed by atoms with Crippen molar-refractivity contribution in [2.75, 3.05) is 11.9 Å². The van der Waals surface area contributed by atoms with Crippen LogP contribution >= 0.6 is 34.3 Å². The van der Waals surface area contributed by atoms with E-state index in [9.17, 15) is 9.59 Å². The molecule has 31 heavy (non-hydrogen) atoms. The van der Waals surface area contributed by atoms with Crippen molar-refractivity contribution < 1.29 is 14.3 Å². The third-order valence-corrected chi connectivity index (χ3v) is 6.86. The topological polar surface area (TPSA) is 60.3 Å². The Kier molecular flexibility index (Phi) is 6.18. The fourth-order valence-corrected chi connectivity index (χ4v) is 5.43. The first-order valence-corrected chi connectivity index (χ1v) is 12.0. The summed E-state index contributed by atoms with van der Waals surface area (Å²) in [4.78, 5) is 26.0. The van der Waals surface area contributed by atoms with E-state index in [1.165, 1.54) is 11.3 Å². The Labute approximate surface area is 193 Å². The number of rotatable bonds is 6. The second kappa shape index (κ2) is 8.86. The van der Waals surface area contributed by atoms with Crippen molar-refractivity contribution in [3.63, 3.8) is 0 Å². The lowest BCUT2D eigenvalue weighted by Crippen LogP contribution is -2.19. The molecule has 0 saturated heterocycles. The van der Waals surface area contributed by atoms with E-state index in [0.717, 1.165) is 15.8 Å². The molecule has 0 spiro atoms. The highest BCUT2D eigenvalue weighted by molar-refractivity contribution is 7.17. The maximum atomic E-state index is 13.2. The fourth-order valence-electron chi connectivity index (χ4n) is 3.54. The predicted octanol–water partition coefficient (Wildman–Crippen LogP) is 7.09. The zero-order chi connectivity index (χ0) is 22.1. The molecule has 4 aromatic rings. The zero-order valence-corrected chi connectivity index (χ0v) is 19.7. The van der Waals surface area contributed by atoms with Crippen molar-refractivity contribution in [3.8, 4) is 11.1 Å². The molecule has 0 unspecified atom stereocenters. The highest BCUT2D eigenvalue weighted by Crippen LogP contribution is 2.37. The first kappa shape index (κ1) is 21.6. The molecule has 0 fully saturated rings.